The van der Waals surface area contributed by atoms with Crippen molar-refractivity contribution in [1.29, 1.82) is 0 Å². The second-order valence-electron chi connectivity index (χ2n) is 5.40. The Morgan fingerprint density at radius 3 is 2.42 bits per heavy atom. The molecule has 0 aliphatic heterocycles. The van der Waals surface area contributed by atoms with Crippen LogP contribution in [0.4, 0.5) is 5.69 Å². The van der Waals surface area contributed by atoms with Crippen LogP contribution in [0.15, 0.2) is 53.6 Å². The van der Waals surface area contributed by atoms with E-state index in [0.717, 1.165) is 16.8 Å². The van der Waals surface area contributed by atoms with Gasteiger partial charge in [0.15, 0.2) is 5.82 Å². The maximum Gasteiger partial charge on any atom is 0.216 e. The molecule has 0 spiro atoms. The molecule has 0 saturated carbocycles. The maximum atomic E-state index is 5.89. The van der Waals surface area contributed by atoms with Crippen LogP contribution in [0.1, 0.15) is 5.56 Å². The fourth-order valence-electron chi connectivity index (χ4n) is 2.17. The van der Waals surface area contributed by atoms with Crippen LogP contribution in [0.5, 0.6) is 0 Å². The van der Waals surface area contributed by atoms with E-state index in [1.165, 1.54) is 0 Å². The minimum Gasteiger partial charge on any atom is -0.378 e. The zero-order valence-electron chi connectivity index (χ0n) is 13.3. The van der Waals surface area contributed by atoms with Crippen molar-refractivity contribution in [2.45, 2.75) is 0 Å². The van der Waals surface area contributed by atoms with E-state index in [-0.39, 0.29) is 0 Å². The lowest BCUT2D eigenvalue weighted by Crippen LogP contribution is -2.08. The largest absolute Gasteiger partial charge is 0.378 e. The molecule has 0 fully saturated rings. The number of rotatable bonds is 4. The van der Waals surface area contributed by atoms with Crippen LogP contribution in [0.2, 0.25) is 5.02 Å². The minimum atomic E-state index is 0.437. The van der Waals surface area contributed by atoms with Crippen molar-refractivity contribution in [2.75, 3.05) is 19.0 Å². The molecule has 0 aliphatic carbocycles. The first-order valence-electron chi connectivity index (χ1n) is 7.30. The van der Waals surface area contributed by atoms with E-state index in [1.807, 2.05) is 67.5 Å². The van der Waals surface area contributed by atoms with Crippen LogP contribution < -0.4 is 4.90 Å². The van der Waals surface area contributed by atoms with E-state index >= 15 is 0 Å². The van der Waals surface area contributed by atoms with Crippen LogP contribution in [0.3, 0.4) is 0 Å². The zero-order valence-corrected chi connectivity index (χ0v) is 14.8. The average Bonchev–Trinajstić information content (AvgIpc) is 2.95. The highest BCUT2D eigenvalue weighted by molar-refractivity contribution is 7.71. The van der Waals surface area contributed by atoms with E-state index in [0.29, 0.717) is 15.6 Å². The second-order valence-corrected chi connectivity index (χ2v) is 6.22. The second kappa shape index (κ2) is 6.98. The van der Waals surface area contributed by atoms with Crippen molar-refractivity contribution in [2.24, 2.45) is 5.10 Å². The number of aromatic amines is 1. The lowest BCUT2D eigenvalue weighted by atomic mass is 10.2. The predicted octanol–water partition coefficient (Wildman–Crippen LogP) is 4.21. The number of hydrogen-bond donors (Lipinski definition) is 1. The average molecular weight is 358 g/mol. The molecule has 1 heterocycles. The molecule has 0 unspecified atom stereocenters. The molecule has 0 radical (unpaired) electrons. The summed E-state index contributed by atoms with van der Waals surface area (Å²) in [4.78, 5) is 2.04. The summed E-state index contributed by atoms with van der Waals surface area (Å²) in [6, 6.07) is 15.5. The first-order valence-corrected chi connectivity index (χ1v) is 8.08. The van der Waals surface area contributed by atoms with E-state index in [2.05, 4.69) is 15.3 Å². The molecule has 1 aromatic heterocycles. The summed E-state index contributed by atoms with van der Waals surface area (Å²) in [7, 11) is 4.00. The SMILES string of the molecule is CN(C)c1ccc(-c2n[nH]c(=S)n2N=Cc2ccc(Cl)cc2)cc1. The van der Waals surface area contributed by atoms with Crippen molar-refractivity contribution in [3.63, 3.8) is 0 Å². The Morgan fingerprint density at radius 2 is 1.79 bits per heavy atom. The standard InChI is InChI=1S/C17H16ClN5S/c1-22(2)15-9-5-13(6-10-15)16-20-21-17(24)23(16)19-11-12-3-7-14(18)8-4-12/h3-11H,1-2H3,(H,21,24). The summed E-state index contributed by atoms with van der Waals surface area (Å²) < 4.78 is 2.04. The summed E-state index contributed by atoms with van der Waals surface area (Å²) in [6.45, 7) is 0. The molecule has 24 heavy (non-hydrogen) atoms. The topological polar surface area (TPSA) is 49.2 Å². The lowest BCUT2D eigenvalue weighted by Gasteiger charge is -2.12. The Bertz CT molecular complexity index is 907. The quantitative estimate of drug-likeness (QED) is 0.562. The van der Waals surface area contributed by atoms with Crippen LogP contribution in [0.25, 0.3) is 11.4 Å². The normalized spacial score (nSPS) is 11.1. The molecular formula is C17H16ClN5S. The monoisotopic (exact) mass is 357 g/mol. The Balaban J connectivity index is 1.94. The highest BCUT2D eigenvalue weighted by Gasteiger charge is 2.08. The minimum absolute atomic E-state index is 0.437. The number of anilines is 1. The Kier molecular flexibility index (Phi) is 4.78. The smallest absolute Gasteiger partial charge is 0.216 e. The van der Waals surface area contributed by atoms with Crippen molar-refractivity contribution >= 4 is 35.7 Å². The third-order valence-electron chi connectivity index (χ3n) is 3.48. The first-order chi connectivity index (χ1) is 11.5. The zero-order chi connectivity index (χ0) is 17.1. The molecule has 3 rings (SSSR count). The number of nitrogens with zero attached hydrogens (tertiary/aromatic N) is 4. The molecule has 0 aliphatic rings. The molecule has 3 aromatic rings. The van der Waals surface area contributed by atoms with Crippen molar-refractivity contribution in [3.05, 3.63) is 63.9 Å². The Morgan fingerprint density at radius 1 is 1.12 bits per heavy atom. The summed E-state index contributed by atoms with van der Waals surface area (Å²) in [5.74, 6) is 0.663. The van der Waals surface area contributed by atoms with Crippen molar-refractivity contribution in [3.8, 4) is 11.4 Å². The van der Waals surface area contributed by atoms with Gasteiger partial charge in [-0.3, -0.25) is 0 Å². The van der Waals surface area contributed by atoms with Gasteiger partial charge in [-0.25, -0.2) is 5.10 Å². The van der Waals surface area contributed by atoms with E-state index in [4.69, 9.17) is 23.8 Å². The van der Waals surface area contributed by atoms with Gasteiger partial charge >= 0.3 is 0 Å². The van der Waals surface area contributed by atoms with Gasteiger partial charge in [-0.1, -0.05) is 23.7 Å². The van der Waals surface area contributed by atoms with Gasteiger partial charge in [-0.2, -0.15) is 14.9 Å². The van der Waals surface area contributed by atoms with Gasteiger partial charge in [0.05, 0.1) is 6.21 Å². The summed E-state index contributed by atoms with van der Waals surface area (Å²) in [5, 5.41) is 12.2. The number of halogens is 1. The number of aromatic nitrogens is 3. The van der Waals surface area contributed by atoms with Gasteiger partial charge in [0.25, 0.3) is 0 Å². The highest BCUT2D eigenvalue weighted by Crippen LogP contribution is 2.21. The molecule has 5 nitrogen and oxygen atoms in total. The molecule has 0 atom stereocenters. The molecule has 0 amide bonds. The van der Waals surface area contributed by atoms with Gasteiger partial charge in [0, 0.05) is 30.4 Å². The Labute approximate surface area is 150 Å². The summed E-state index contributed by atoms with van der Waals surface area (Å²) in [6.07, 6.45) is 1.72. The van der Waals surface area contributed by atoms with E-state index in [9.17, 15) is 0 Å². The van der Waals surface area contributed by atoms with Gasteiger partial charge in [0.2, 0.25) is 4.77 Å². The Hall–Kier alpha value is -2.44. The molecule has 2 aromatic carbocycles. The molecule has 0 saturated heterocycles. The third kappa shape index (κ3) is 3.55. The predicted molar refractivity (Wildman–Crippen MR) is 102 cm³/mol. The first kappa shape index (κ1) is 16.4. The van der Waals surface area contributed by atoms with Gasteiger partial charge in [-0.15, -0.1) is 0 Å². The molecule has 7 heteroatoms. The maximum absolute atomic E-state index is 5.89. The van der Waals surface area contributed by atoms with Crippen molar-refractivity contribution < 1.29 is 0 Å². The highest BCUT2D eigenvalue weighted by atomic mass is 35.5. The van der Waals surface area contributed by atoms with Crippen LogP contribution >= 0.6 is 23.8 Å². The molecule has 122 valence electrons. The van der Waals surface area contributed by atoms with Crippen LogP contribution in [-0.4, -0.2) is 35.2 Å². The van der Waals surface area contributed by atoms with Gasteiger partial charge < -0.3 is 4.90 Å². The molecular weight excluding hydrogens is 342 g/mol. The van der Waals surface area contributed by atoms with Crippen LogP contribution in [0, 0.1) is 4.77 Å². The fourth-order valence-corrected chi connectivity index (χ4v) is 2.47. The van der Waals surface area contributed by atoms with Crippen LogP contribution in [-0.2, 0) is 0 Å². The van der Waals surface area contributed by atoms with Crippen molar-refractivity contribution in [1.82, 2.24) is 14.9 Å². The van der Waals surface area contributed by atoms with Gasteiger partial charge in [0.1, 0.15) is 0 Å². The van der Waals surface area contributed by atoms with E-state index < -0.39 is 0 Å². The number of nitrogens with one attached hydrogen (secondary N) is 1. The van der Waals surface area contributed by atoms with E-state index in [1.54, 1.807) is 10.9 Å². The number of H-pyrrole nitrogens is 1. The molecule has 0 bridgehead atoms. The third-order valence-corrected chi connectivity index (χ3v) is 4.00. The number of hydrogen-bond acceptors (Lipinski definition) is 4. The summed E-state index contributed by atoms with van der Waals surface area (Å²) in [5.41, 5.74) is 2.97. The van der Waals surface area contributed by atoms with Gasteiger partial charge in [-0.05, 0) is 54.2 Å². The molecule has 1 N–H and O–H groups in total. The summed E-state index contributed by atoms with van der Waals surface area (Å²) >= 11 is 11.2. The fraction of sp³-hybridized carbons (Fsp3) is 0.118. The number of benzene rings is 2. The lowest BCUT2D eigenvalue weighted by molar-refractivity contribution is 0.871.